The van der Waals surface area contributed by atoms with Crippen LogP contribution in [-0.2, 0) is 6.54 Å². The highest BCUT2D eigenvalue weighted by Gasteiger charge is 2.17. The molecule has 2 heterocycles. The molecule has 0 bridgehead atoms. The van der Waals surface area contributed by atoms with E-state index in [4.69, 9.17) is 5.73 Å². The maximum absolute atomic E-state index is 6.10. The van der Waals surface area contributed by atoms with Crippen LogP contribution in [0.4, 0.5) is 5.82 Å². The second-order valence-corrected chi connectivity index (χ2v) is 5.52. The van der Waals surface area contributed by atoms with Gasteiger partial charge in [0.05, 0.1) is 11.4 Å². The topological polar surface area (TPSA) is 50.3 Å². The lowest BCUT2D eigenvalue weighted by molar-refractivity contribution is 0.130. The second kappa shape index (κ2) is 6.28. The first kappa shape index (κ1) is 14.1. The lowest BCUT2D eigenvalue weighted by atomic mass is 10.3. The number of likely N-dealkylation sites (N-methyl/N-ethyl adjacent to an activating group) is 1. The van der Waals surface area contributed by atoms with Gasteiger partial charge in [-0.25, -0.2) is 4.68 Å². The van der Waals surface area contributed by atoms with Gasteiger partial charge in [-0.1, -0.05) is 25.1 Å². The third-order valence-electron chi connectivity index (χ3n) is 4.09. The van der Waals surface area contributed by atoms with Crippen LogP contribution in [0.2, 0.25) is 0 Å². The zero-order chi connectivity index (χ0) is 14.7. The summed E-state index contributed by atoms with van der Waals surface area (Å²) < 4.78 is 1.82. The molecule has 1 saturated heterocycles. The molecule has 1 aliphatic heterocycles. The smallest absolute Gasteiger partial charge is 0.127 e. The maximum atomic E-state index is 6.10. The summed E-state index contributed by atoms with van der Waals surface area (Å²) in [6.45, 7) is 8.73. The Labute approximate surface area is 126 Å². The summed E-state index contributed by atoms with van der Waals surface area (Å²) in [4.78, 5) is 4.93. The predicted octanol–water partition coefficient (Wildman–Crippen LogP) is 1.59. The van der Waals surface area contributed by atoms with Gasteiger partial charge in [-0.2, -0.15) is 5.10 Å². The average molecular weight is 285 g/mol. The largest absolute Gasteiger partial charge is 0.384 e. The molecule has 0 unspecified atom stereocenters. The summed E-state index contributed by atoms with van der Waals surface area (Å²) in [7, 11) is 0. The fourth-order valence-electron chi connectivity index (χ4n) is 2.79. The fourth-order valence-corrected chi connectivity index (χ4v) is 2.79. The van der Waals surface area contributed by atoms with Crippen LogP contribution in [0, 0.1) is 0 Å². The van der Waals surface area contributed by atoms with Gasteiger partial charge in [0.1, 0.15) is 5.82 Å². The van der Waals surface area contributed by atoms with Gasteiger partial charge in [-0.15, -0.1) is 0 Å². The minimum absolute atomic E-state index is 0.698. The molecule has 0 amide bonds. The van der Waals surface area contributed by atoms with Crippen LogP contribution in [0.3, 0.4) is 0 Å². The van der Waals surface area contributed by atoms with Gasteiger partial charge < -0.3 is 10.6 Å². The standard InChI is InChI=1S/C16H23N5/c1-2-19-8-10-20(11-9-19)13-14-12-16(17)21(18-14)15-6-4-3-5-7-15/h3-7,12H,2,8-11,13,17H2,1H3. The second-order valence-electron chi connectivity index (χ2n) is 5.52. The molecule has 1 aliphatic rings. The SMILES string of the molecule is CCN1CCN(Cc2cc(N)n(-c3ccccc3)n2)CC1. The molecule has 21 heavy (non-hydrogen) atoms. The zero-order valence-corrected chi connectivity index (χ0v) is 12.6. The van der Waals surface area contributed by atoms with Crippen LogP contribution >= 0.6 is 0 Å². The summed E-state index contributed by atoms with van der Waals surface area (Å²) in [5.41, 5.74) is 8.15. The summed E-state index contributed by atoms with van der Waals surface area (Å²) in [5, 5.41) is 4.65. The van der Waals surface area contributed by atoms with Crippen molar-refractivity contribution in [1.82, 2.24) is 19.6 Å². The number of piperazine rings is 1. The summed E-state index contributed by atoms with van der Waals surface area (Å²) in [6.07, 6.45) is 0. The number of hydrogen-bond acceptors (Lipinski definition) is 4. The molecule has 0 aliphatic carbocycles. The van der Waals surface area contributed by atoms with E-state index in [1.807, 2.05) is 41.1 Å². The summed E-state index contributed by atoms with van der Waals surface area (Å²) >= 11 is 0. The number of para-hydroxylation sites is 1. The van der Waals surface area contributed by atoms with E-state index >= 15 is 0 Å². The number of nitrogens with two attached hydrogens (primary N) is 1. The Bertz CT molecular complexity index is 570. The quantitative estimate of drug-likeness (QED) is 0.927. The Hall–Kier alpha value is -1.85. The van der Waals surface area contributed by atoms with E-state index in [9.17, 15) is 0 Å². The van der Waals surface area contributed by atoms with E-state index in [0.717, 1.165) is 50.6 Å². The molecule has 0 atom stereocenters. The number of hydrogen-bond donors (Lipinski definition) is 1. The lowest BCUT2D eigenvalue weighted by Gasteiger charge is -2.33. The van der Waals surface area contributed by atoms with Crippen molar-refractivity contribution in [3.63, 3.8) is 0 Å². The Morgan fingerprint density at radius 2 is 1.71 bits per heavy atom. The molecule has 1 aromatic heterocycles. The molecule has 3 rings (SSSR count). The molecular weight excluding hydrogens is 262 g/mol. The van der Waals surface area contributed by atoms with Crippen molar-refractivity contribution in [2.45, 2.75) is 13.5 Å². The molecule has 5 heteroatoms. The van der Waals surface area contributed by atoms with Gasteiger partial charge in [0.25, 0.3) is 0 Å². The highest BCUT2D eigenvalue weighted by molar-refractivity contribution is 5.42. The third kappa shape index (κ3) is 3.25. The Balaban J connectivity index is 1.68. The summed E-state index contributed by atoms with van der Waals surface area (Å²) in [5.74, 6) is 0.698. The maximum Gasteiger partial charge on any atom is 0.127 e. The highest BCUT2D eigenvalue weighted by atomic mass is 15.3. The van der Waals surface area contributed by atoms with Crippen molar-refractivity contribution in [3.8, 4) is 5.69 Å². The van der Waals surface area contributed by atoms with Gasteiger partial charge in [0.15, 0.2) is 0 Å². The van der Waals surface area contributed by atoms with Crippen molar-refractivity contribution in [2.24, 2.45) is 0 Å². The van der Waals surface area contributed by atoms with Crippen molar-refractivity contribution in [1.29, 1.82) is 0 Å². The molecule has 5 nitrogen and oxygen atoms in total. The number of aromatic nitrogens is 2. The van der Waals surface area contributed by atoms with Gasteiger partial charge in [0, 0.05) is 38.8 Å². The third-order valence-corrected chi connectivity index (χ3v) is 4.09. The number of nitrogen functional groups attached to an aromatic ring is 1. The first-order chi connectivity index (χ1) is 10.3. The zero-order valence-electron chi connectivity index (χ0n) is 12.6. The molecule has 2 N–H and O–H groups in total. The fraction of sp³-hybridized carbons (Fsp3) is 0.438. The van der Waals surface area contributed by atoms with Crippen LogP contribution < -0.4 is 5.73 Å². The van der Waals surface area contributed by atoms with Crippen LogP contribution in [-0.4, -0.2) is 52.3 Å². The van der Waals surface area contributed by atoms with E-state index in [1.165, 1.54) is 0 Å². The monoisotopic (exact) mass is 285 g/mol. The van der Waals surface area contributed by atoms with Crippen LogP contribution in [0.25, 0.3) is 5.69 Å². The Morgan fingerprint density at radius 1 is 1.05 bits per heavy atom. The molecule has 1 fully saturated rings. The van der Waals surface area contributed by atoms with E-state index in [1.54, 1.807) is 0 Å². The first-order valence-electron chi connectivity index (χ1n) is 7.61. The van der Waals surface area contributed by atoms with Gasteiger partial charge >= 0.3 is 0 Å². The number of nitrogens with zero attached hydrogens (tertiary/aromatic N) is 4. The predicted molar refractivity (Wildman–Crippen MR) is 85.4 cm³/mol. The molecule has 0 spiro atoms. The van der Waals surface area contributed by atoms with Gasteiger partial charge in [0.2, 0.25) is 0 Å². The number of rotatable bonds is 4. The van der Waals surface area contributed by atoms with Crippen molar-refractivity contribution >= 4 is 5.82 Å². The van der Waals surface area contributed by atoms with Crippen LogP contribution in [0.5, 0.6) is 0 Å². The Morgan fingerprint density at radius 3 is 2.38 bits per heavy atom. The average Bonchev–Trinajstić information content (AvgIpc) is 2.89. The van der Waals surface area contributed by atoms with E-state index < -0.39 is 0 Å². The van der Waals surface area contributed by atoms with E-state index in [0.29, 0.717) is 5.82 Å². The summed E-state index contributed by atoms with van der Waals surface area (Å²) in [6, 6.07) is 12.0. The normalized spacial score (nSPS) is 17.2. The van der Waals surface area contributed by atoms with E-state index in [-0.39, 0.29) is 0 Å². The number of benzene rings is 1. The Kier molecular flexibility index (Phi) is 4.22. The minimum atomic E-state index is 0.698. The molecule has 1 aromatic carbocycles. The highest BCUT2D eigenvalue weighted by Crippen LogP contribution is 2.16. The minimum Gasteiger partial charge on any atom is -0.384 e. The van der Waals surface area contributed by atoms with Crippen molar-refractivity contribution < 1.29 is 0 Å². The van der Waals surface area contributed by atoms with Crippen molar-refractivity contribution in [2.75, 3.05) is 38.5 Å². The number of anilines is 1. The van der Waals surface area contributed by atoms with Crippen LogP contribution in [0.15, 0.2) is 36.4 Å². The van der Waals surface area contributed by atoms with Gasteiger partial charge in [-0.3, -0.25) is 4.90 Å². The van der Waals surface area contributed by atoms with Gasteiger partial charge in [-0.05, 0) is 18.7 Å². The van der Waals surface area contributed by atoms with Crippen LogP contribution in [0.1, 0.15) is 12.6 Å². The molecule has 112 valence electrons. The molecule has 0 radical (unpaired) electrons. The molecular formula is C16H23N5. The molecule has 0 saturated carbocycles. The van der Waals surface area contributed by atoms with Crippen molar-refractivity contribution in [3.05, 3.63) is 42.1 Å². The molecule has 2 aromatic rings. The lowest BCUT2D eigenvalue weighted by Crippen LogP contribution is -2.45. The van der Waals surface area contributed by atoms with E-state index in [2.05, 4.69) is 21.8 Å². The first-order valence-corrected chi connectivity index (χ1v) is 7.61.